The lowest BCUT2D eigenvalue weighted by Gasteiger charge is -2.19. The second-order valence-corrected chi connectivity index (χ2v) is 3.13. The molecule has 1 aromatic rings. The summed E-state index contributed by atoms with van der Waals surface area (Å²) in [5.41, 5.74) is 0. The van der Waals surface area contributed by atoms with Crippen LogP contribution >= 0.6 is 0 Å². The Morgan fingerprint density at radius 3 is 2.62 bits per heavy atom. The molecule has 0 aliphatic heterocycles. The lowest BCUT2D eigenvalue weighted by molar-refractivity contribution is 0.0512. The van der Waals surface area contributed by atoms with E-state index in [0.717, 1.165) is 18.9 Å². The molecule has 0 spiro atoms. The van der Waals surface area contributed by atoms with E-state index in [-0.39, 0.29) is 5.82 Å². The van der Waals surface area contributed by atoms with Crippen LogP contribution in [0.3, 0.4) is 0 Å². The van der Waals surface area contributed by atoms with Gasteiger partial charge in [0.2, 0.25) is 5.82 Å². The zero-order valence-electron chi connectivity index (χ0n) is 9.93. The fourth-order valence-corrected chi connectivity index (χ4v) is 1.37. The third-order valence-corrected chi connectivity index (χ3v) is 2.19. The van der Waals surface area contributed by atoms with Crippen LogP contribution in [0.5, 0.6) is 0 Å². The van der Waals surface area contributed by atoms with Crippen molar-refractivity contribution >= 4 is 11.8 Å². The van der Waals surface area contributed by atoms with Gasteiger partial charge >= 0.3 is 5.97 Å². The summed E-state index contributed by atoms with van der Waals surface area (Å²) >= 11 is 0. The first-order valence-electron chi connectivity index (χ1n) is 5.48. The normalized spacial score (nSPS) is 9.94. The van der Waals surface area contributed by atoms with Gasteiger partial charge in [-0.15, -0.1) is 0 Å². The molecule has 0 aliphatic rings. The summed E-state index contributed by atoms with van der Waals surface area (Å²) < 4.78 is 4.85. The minimum atomic E-state index is -0.475. The van der Waals surface area contributed by atoms with Gasteiger partial charge in [0.1, 0.15) is 5.82 Å². The zero-order valence-corrected chi connectivity index (χ0v) is 9.93. The van der Waals surface area contributed by atoms with Gasteiger partial charge in [-0.2, -0.15) is 0 Å². The predicted molar refractivity (Wildman–Crippen MR) is 61.5 cm³/mol. The fraction of sp³-hybridized carbons (Fsp3) is 0.545. The molecule has 1 heterocycles. The average Bonchev–Trinajstić information content (AvgIpc) is 2.31. The van der Waals surface area contributed by atoms with Crippen LogP contribution < -0.4 is 4.90 Å². The number of carbonyl (C=O) groups is 1. The maximum Gasteiger partial charge on any atom is 0.376 e. The maximum absolute atomic E-state index is 11.4. The van der Waals surface area contributed by atoms with Crippen molar-refractivity contribution in [3.05, 3.63) is 18.1 Å². The quantitative estimate of drug-likeness (QED) is 0.708. The van der Waals surface area contributed by atoms with Crippen LogP contribution in [0.15, 0.2) is 12.3 Å². The summed E-state index contributed by atoms with van der Waals surface area (Å²) in [4.78, 5) is 21.5. The fourth-order valence-electron chi connectivity index (χ4n) is 1.37. The van der Waals surface area contributed by atoms with Crippen molar-refractivity contribution in [3.8, 4) is 0 Å². The molecule has 0 amide bonds. The van der Waals surface area contributed by atoms with Crippen LogP contribution in [0.1, 0.15) is 31.4 Å². The molecule has 0 fully saturated rings. The number of esters is 1. The minimum Gasteiger partial charge on any atom is -0.460 e. The molecule has 0 atom stereocenters. The van der Waals surface area contributed by atoms with Crippen LogP contribution in [0.4, 0.5) is 5.82 Å². The van der Waals surface area contributed by atoms with Crippen LogP contribution in [0.2, 0.25) is 0 Å². The molecule has 0 aliphatic carbocycles. The van der Waals surface area contributed by atoms with Crippen LogP contribution in [0, 0.1) is 0 Å². The third kappa shape index (κ3) is 2.92. The molecule has 0 bridgehead atoms. The van der Waals surface area contributed by atoms with Crippen molar-refractivity contribution in [1.82, 2.24) is 9.97 Å². The lowest BCUT2D eigenvalue weighted by atomic mass is 10.4. The number of aromatic nitrogens is 2. The van der Waals surface area contributed by atoms with Crippen molar-refractivity contribution in [2.45, 2.75) is 20.8 Å². The van der Waals surface area contributed by atoms with E-state index in [1.54, 1.807) is 19.2 Å². The van der Waals surface area contributed by atoms with Gasteiger partial charge in [0, 0.05) is 19.3 Å². The van der Waals surface area contributed by atoms with Crippen LogP contribution in [0.25, 0.3) is 0 Å². The smallest absolute Gasteiger partial charge is 0.376 e. The lowest BCUT2D eigenvalue weighted by Crippen LogP contribution is -2.24. The van der Waals surface area contributed by atoms with Gasteiger partial charge in [0.05, 0.1) is 6.61 Å². The highest BCUT2D eigenvalue weighted by Crippen LogP contribution is 2.09. The highest BCUT2D eigenvalue weighted by molar-refractivity contribution is 5.85. The summed E-state index contributed by atoms with van der Waals surface area (Å²) in [6, 6.07) is 1.79. The molecule has 16 heavy (non-hydrogen) atoms. The van der Waals surface area contributed by atoms with E-state index in [1.165, 1.54) is 0 Å². The molecule has 0 aromatic carbocycles. The summed E-state index contributed by atoms with van der Waals surface area (Å²) in [6.45, 7) is 7.85. The molecule has 0 saturated heterocycles. The standard InChI is InChI=1S/C11H17N3O2/c1-4-14(5-2)9-7-8-12-10(13-9)11(15)16-6-3/h7-8H,4-6H2,1-3H3. The monoisotopic (exact) mass is 223 g/mol. The average molecular weight is 223 g/mol. The van der Waals surface area contributed by atoms with Gasteiger partial charge in [-0.25, -0.2) is 14.8 Å². The molecule has 1 aromatic heterocycles. The number of nitrogens with zero attached hydrogens (tertiary/aromatic N) is 3. The Morgan fingerprint density at radius 1 is 1.38 bits per heavy atom. The van der Waals surface area contributed by atoms with Gasteiger partial charge in [-0.3, -0.25) is 0 Å². The first-order valence-corrected chi connectivity index (χ1v) is 5.48. The Kier molecular flexibility index (Phi) is 4.69. The molecular formula is C11H17N3O2. The Bertz CT molecular complexity index is 351. The van der Waals surface area contributed by atoms with Crippen molar-refractivity contribution < 1.29 is 9.53 Å². The Balaban J connectivity index is 2.89. The van der Waals surface area contributed by atoms with Gasteiger partial charge in [-0.1, -0.05) is 0 Å². The van der Waals surface area contributed by atoms with Crippen molar-refractivity contribution in [2.75, 3.05) is 24.6 Å². The second-order valence-electron chi connectivity index (χ2n) is 3.13. The van der Waals surface area contributed by atoms with Gasteiger partial charge in [-0.05, 0) is 26.8 Å². The Labute approximate surface area is 95.5 Å². The number of anilines is 1. The maximum atomic E-state index is 11.4. The minimum absolute atomic E-state index is 0.117. The summed E-state index contributed by atoms with van der Waals surface area (Å²) in [7, 11) is 0. The second kappa shape index (κ2) is 6.05. The van der Waals surface area contributed by atoms with Gasteiger partial charge in [0.15, 0.2) is 0 Å². The largest absolute Gasteiger partial charge is 0.460 e. The van der Waals surface area contributed by atoms with Crippen molar-refractivity contribution in [1.29, 1.82) is 0 Å². The molecule has 1 rings (SSSR count). The summed E-state index contributed by atoms with van der Waals surface area (Å²) in [5.74, 6) is 0.394. The number of hydrogen-bond acceptors (Lipinski definition) is 5. The van der Waals surface area contributed by atoms with E-state index in [2.05, 4.69) is 9.97 Å². The van der Waals surface area contributed by atoms with E-state index in [0.29, 0.717) is 6.61 Å². The topological polar surface area (TPSA) is 55.3 Å². The van der Waals surface area contributed by atoms with Gasteiger partial charge < -0.3 is 9.64 Å². The highest BCUT2D eigenvalue weighted by atomic mass is 16.5. The molecule has 5 heteroatoms. The first-order chi connectivity index (χ1) is 7.72. The van der Waals surface area contributed by atoms with Crippen LogP contribution in [-0.4, -0.2) is 35.6 Å². The molecule has 0 radical (unpaired) electrons. The van der Waals surface area contributed by atoms with E-state index in [4.69, 9.17) is 4.74 Å². The third-order valence-electron chi connectivity index (χ3n) is 2.19. The molecule has 0 unspecified atom stereocenters. The number of carbonyl (C=O) groups excluding carboxylic acids is 1. The van der Waals surface area contributed by atoms with E-state index >= 15 is 0 Å². The van der Waals surface area contributed by atoms with Crippen molar-refractivity contribution in [3.63, 3.8) is 0 Å². The number of ether oxygens (including phenoxy) is 1. The van der Waals surface area contributed by atoms with Crippen LogP contribution in [-0.2, 0) is 4.74 Å². The highest BCUT2D eigenvalue weighted by Gasteiger charge is 2.12. The SMILES string of the molecule is CCOC(=O)c1nccc(N(CC)CC)n1. The first kappa shape index (κ1) is 12.4. The summed E-state index contributed by atoms with van der Waals surface area (Å²) in [5, 5.41) is 0. The van der Waals surface area contributed by atoms with Crippen molar-refractivity contribution in [2.24, 2.45) is 0 Å². The van der Waals surface area contributed by atoms with E-state index in [1.807, 2.05) is 18.7 Å². The van der Waals surface area contributed by atoms with Gasteiger partial charge in [0.25, 0.3) is 0 Å². The zero-order chi connectivity index (χ0) is 12.0. The Morgan fingerprint density at radius 2 is 2.06 bits per heavy atom. The molecular weight excluding hydrogens is 206 g/mol. The number of hydrogen-bond donors (Lipinski definition) is 0. The number of rotatable bonds is 5. The van der Waals surface area contributed by atoms with E-state index in [9.17, 15) is 4.79 Å². The summed E-state index contributed by atoms with van der Waals surface area (Å²) in [6.07, 6.45) is 1.58. The molecule has 0 saturated carbocycles. The van der Waals surface area contributed by atoms with E-state index < -0.39 is 5.97 Å². The predicted octanol–water partition coefficient (Wildman–Crippen LogP) is 1.50. The molecule has 0 N–H and O–H groups in total. The Hall–Kier alpha value is -1.65. The molecule has 88 valence electrons. The molecule has 5 nitrogen and oxygen atoms in total.